The zero-order valence-corrected chi connectivity index (χ0v) is 11.8. The Morgan fingerprint density at radius 3 is 2.52 bits per heavy atom. The normalized spacial score (nSPS) is 11.8. The maximum atomic E-state index is 13.7. The minimum absolute atomic E-state index is 0.242. The van der Waals surface area contributed by atoms with Crippen LogP contribution in [0.2, 0.25) is 0 Å². The topological polar surface area (TPSA) is 41.1 Å². The van der Waals surface area contributed by atoms with Gasteiger partial charge in [-0.15, -0.1) is 0 Å². The number of para-hydroxylation sites is 1. The van der Waals surface area contributed by atoms with Gasteiger partial charge in [-0.05, 0) is 25.1 Å². The summed E-state index contributed by atoms with van der Waals surface area (Å²) in [4.78, 5) is 12.2. The summed E-state index contributed by atoms with van der Waals surface area (Å²) in [5, 5.41) is 5.63. The average molecular weight is 290 g/mol. The van der Waals surface area contributed by atoms with E-state index < -0.39 is 17.7 Å². The van der Waals surface area contributed by atoms with E-state index >= 15 is 0 Å². The molecular weight excluding hydrogens is 274 g/mol. The molecule has 2 aromatic rings. The fraction of sp³-hybridized carbons (Fsp3) is 0.188. The van der Waals surface area contributed by atoms with Crippen molar-refractivity contribution in [2.45, 2.75) is 13.0 Å². The van der Waals surface area contributed by atoms with Gasteiger partial charge in [0.2, 0.25) is 0 Å². The standard InChI is InChI=1S/C16H16F2N2O/c1-10(12-8-7-11(17)9-14(12)18)20-16(21)13-5-3-4-6-15(13)19-2/h3-10,19H,1-2H3,(H,20,21). The van der Waals surface area contributed by atoms with E-state index in [1.807, 2.05) is 6.07 Å². The molecule has 0 saturated heterocycles. The van der Waals surface area contributed by atoms with Gasteiger partial charge < -0.3 is 10.6 Å². The largest absolute Gasteiger partial charge is 0.387 e. The fourth-order valence-electron chi connectivity index (χ4n) is 2.10. The van der Waals surface area contributed by atoms with Crippen LogP contribution in [-0.2, 0) is 0 Å². The molecule has 2 N–H and O–H groups in total. The Labute approximate surface area is 122 Å². The molecule has 0 aliphatic carbocycles. The summed E-state index contributed by atoms with van der Waals surface area (Å²) < 4.78 is 26.6. The van der Waals surface area contributed by atoms with Crippen molar-refractivity contribution in [1.82, 2.24) is 5.32 Å². The van der Waals surface area contributed by atoms with Crippen LogP contribution in [0.1, 0.15) is 28.9 Å². The van der Waals surface area contributed by atoms with Crippen molar-refractivity contribution >= 4 is 11.6 Å². The highest BCUT2D eigenvalue weighted by Crippen LogP contribution is 2.20. The van der Waals surface area contributed by atoms with Crippen molar-refractivity contribution < 1.29 is 13.6 Å². The molecule has 0 bridgehead atoms. The fourth-order valence-corrected chi connectivity index (χ4v) is 2.10. The molecule has 0 spiro atoms. The van der Waals surface area contributed by atoms with Gasteiger partial charge in [-0.3, -0.25) is 4.79 Å². The molecule has 1 atom stereocenters. The van der Waals surface area contributed by atoms with Crippen LogP contribution in [0.4, 0.5) is 14.5 Å². The van der Waals surface area contributed by atoms with Crippen LogP contribution in [0.3, 0.4) is 0 Å². The molecule has 1 amide bonds. The molecule has 2 rings (SSSR count). The van der Waals surface area contributed by atoms with E-state index in [-0.39, 0.29) is 11.5 Å². The van der Waals surface area contributed by atoms with E-state index in [2.05, 4.69) is 10.6 Å². The first-order valence-electron chi connectivity index (χ1n) is 6.55. The lowest BCUT2D eigenvalue weighted by atomic mass is 10.1. The van der Waals surface area contributed by atoms with Gasteiger partial charge >= 0.3 is 0 Å². The minimum atomic E-state index is -0.676. The number of hydrogen-bond donors (Lipinski definition) is 2. The monoisotopic (exact) mass is 290 g/mol. The number of nitrogens with one attached hydrogen (secondary N) is 2. The molecule has 0 saturated carbocycles. The summed E-state index contributed by atoms with van der Waals surface area (Å²) in [6.45, 7) is 1.65. The molecule has 0 fully saturated rings. The molecule has 0 aliphatic rings. The number of benzene rings is 2. The Hall–Kier alpha value is -2.43. The minimum Gasteiger partial charge on any atom is -0.387 e. The molecule has 3 nitrogen and oxygen atoms in total. The number of hydrogen-bond acceptors (Lipinski definition) is 2. The van der Waals surface area contributed by atoms with Crippen LogP contribution in [0.25, 0.3) is 0 Å². The first kappa shape index (κ1) is 15.0. The highest BCUT2D eigenvalue weighted by Gasteiger charge is 2.16. The van der Waals surface area contributed by atoms with Crippen LogP contribution in [0, 0.1) is 11.6 Å². The maximum Gasteiger partial charge on any atom is 0.253 e. The van der Waals surface area contributed by atoms with E-state index in [4.69, 9.17) is 0 Å². The second-order valence-corrected chi connectivity index (χ2v) is 4.66. The summed E-state index contributed by atoms with van der Waals surface area (Å²) >= 11 is 0. The van der Waals surface area contributed by atoms with Crippen molar-refractivity contribution in [3.8, 4) is 0 Å². The van der Waals surface area contributed by atoms with Crippen LogP contribution in [-0.4, -0.2) is 13.0 Å². The molecule has 21 heavy (non-hydrogen) atoms. The highest BCUT2D eigenvalue weighted by molar-refractivity contribution is 5.99. The number of carbonyl (C=O) groups excluding carboxylic acids is 1. The van der Waals surface area contributed by atoms with E-state index in [1.54, 1.807) is 32.2 Å². The summed E-state index contributed by atoms with van der Waals surface area (Å²) in [5.41, 5.74) is 1.39. The average Bonchev–Trinajstić information content (AvgIpc) is 2.46. The third-order valence-corrected chi connectivity index (χ3v) is 3.22. The first-order chi connectivity index (χ1) is 10.0. The van der Waals surface area contributed by atoms with Gasteiger partial charge in [-0.25, -0.2) is 8.78 Å². The van der Waals surface area contributed by atoms with Gasteiger partial charge in [0.25, 0.3) is 5.91 Å². The molecule has 1 unspecified atom stereocenters. The molecule has 0 heterocycles. The molecule has 0 radical (unpaired) electrons. The number of halogens is 2. The van der Waals surface area contributed by atoms with Crippen LogP contribution >= 0.6 is 0 Å². The van der Waals surface area contributed by atoms with Gasteiger partial charge in [0.1, 0.15) is 11.6 Å². The summed E-state index contributed by atoms with van der Waals surface area (Å²) in [7, 11) is 1.72. The molecule has 5 heteroatoms. The summed E-state index contributed by atoms with van der Waals surface area (Å²) in [6.07, 6.45) is 0. The quantitative estimate of drug-likeness (QED) is 0.905. The second kappa shape index (κ2) is 6.35. The van der Waals surface area contributed by atoms with E-state index in [0.29, 0.717) is 11.3 Å². The summed E-state index contributed by atoms with van der Waals surface area (Å²) in [5.74, 6) is -1.64. The Bertz CT molecular complexity index is 658. The van der Waals surface area contributed by atoms with E-state index in [0.717, 1.165) is 6.07 Å². The van der Waals surface area contributed by atoms with Crippen LogP contribution in [0.5, 0.6) is 0 Å². The Kier molecular flexibility index (Phi) is 4.52. The van der Waals surface area contributed by atoms with Gasteiger partial charge in [-0.2, -0.15) is 0 Å². The number of amides is 1. The van der Waals surface area contributed by atoms with Crippen molar-refractivity contribution in [2.24, 2.45) is 0 Å². The van der Waals surface area contributed by atoms with Crippen molar-refractivity contribution in [3.63, 3.8) is 0 Å². The second-order valence-electron chi connectivity index (χ2n) is 4.66. The van der Waals surface area contributed by atoms with E-state index in [1.165, 1.54) is 12.1 Å². The first-order valence-corrected chi connectivity index (χ1v) is 6.55. The Morgan fingerprint density at radius 2 is 1.86 bits per heavy atom. The predicted molar refractivity (Wildman–Crippen MR) is 78.2 cm³/mol. The number of rotatable bonds is 4. The molecule has 2 aromatic carbocycles. The highest BCUT2D eigenvalue weighted by atomic mass is 19.1. The van der Waals surface area contributed by atoms with Crippen LogP contribution < -0.4 is 10.6 Å². The van der Waals surface area contributed by atoms with E-state index in [9.17, 15) is 13.6 Å². The zero-order valence-electron chi connectivity index (χ0n) is 11.8. The lowest BCUT2D eigenvalue weighted by Gasteiger charge is -2.16. The van der Waals surface area contributed by atoms with Gasteiger partial charge in [-0.1, -0.05) is 18.2 Å². The lowest BCUT2D eigenvalue weighted by Crippen LogP contribution is -2.27. The Balaban J connectivity index is 2.19. The predicted octanol–water partition coefficient (Wildman–Crippen LogP) is 3.50. The SMILES string of the molecule is CNc1ccccc1C(=O)NC(C)c1ccc(F)cc1F. The number of anilines is 1. The maximum absolute atomic E-state index is 13.7. The van der Waals surface area contributed by atoms with Crippen LogP contribution in [0.15, 0.2) is 42.5 Å². The third-order valence-electron chi connectivity index (χ3n) is 3.22. The summed E-state index contributed by atoms with van der Waals surface area (Å²) in [6, 6.07) is 9.75. The number of carbonyl (C=O) groups is 1. The van der Waals surface area contributed by atoms with Crippen molar-refractivity contribution in [3.05, 3.63) is 65.2 Å². The van der Waals surface area contributed by atoms with Gasteiger partial charge in [0.15, 0.2) is 0 Å². The lowest BCUT2D eigenvalue weighted by molar-refractivity contribution is 0.0940. The molecule has 0 aliphatic heterocycles. The molecular formula is C16H16F2N2O. The third kappa shape index (κ3) is 3.37. The van der Waals surface area contributed by atoms with Crippen molar-refractivity contribution in [1.29, 1.82) is 0 Å². The smallest absolute Gasteiger partial charge is 0.253 e. The Morgan fingerprint density at radius 1 is 1.14 bits per heavy atom. The van der Waals surface area contributed by atoms with Gasteiger partial charge in [0.05, 0.1) is 11.6 Å². The zero-order chi connectivity index (χ0) is 15.4. The van der Waals surface area contributed by atoms with Crippen molar-refractivity contribution in [2.75, 3.05) is 12.4 Å². The molecule has 110 valence electrons. The molecule has 0 aromatic heterocycles. The van der Waals surface area contributed by atoms with Gasteiger partial charge in [0, 0.05) is 24.4 Å².